The summed E-state index contributed by atoms with van der Waals surface area (Å²) in [6.45, 7) is 0.214. The number of halogens is 2. The van der Waals surface area contributed by atoms with Crippen LogP contribution in [0.1, 0.15) is 11.1 Å². The van der Waals surface area contributed by atoms with Crippen LogP contribution in [0.15, 0.2) is 51.8 Å². The van der Waals surface area contributed by atoms with Gasteiger partial charge >= 0.3 is 0 Å². The fourth-order valence-corrected chi connectivity index (χ4v) is 4.38. The highest BCUT2D eigenvalue weighted by Crippen LogP contribution is 2.34. The van der Waals surface area contributed by atoms with Crippen molar-refractivity contribution < 1.29 is 9.59 Å². The average Bonchev–Trinajstić information content (AvgIpc) is 2.82. The van der Waals surface area contributed by atoms with Crippen molar-refractivity contribution in [2.24, 2.45) is 0 Å². The maximum Gasteiger partial charge on any atom is 0.293 e. The van der Waals surface area contributed by atoms with Crippen molar-refractivity contribution in [2.75, 3.05) is 19.0 Å². The van der Waals surface area contributed by atoms with Crippen LogP contribution in [0.4, 0.5) is 10.5 Å². The van der Waals surface area contributed by atoms with Gasteiger partial charge in [-0.25, -0.2) is 0 Å². The van der Waals surface area contributed by atoms with Gasteiger partial charge in [0.1, 0.15) is 0 Å². The van der Waals surface area contributed by atoms with Crippen LogP contribution >= 0.6 is 39.3 Å². The largest absolute Gasteiger partial charge is 0.377 e. The van der Waals surface area contributed by atoms with E-state index >= 15 is 0 Å². The molecule has 3 rings (SSSR count). The Kier molecular flexibility index (Phi) is 5.75. The molecule has 1 heterocycles. The first kappa shape index (κ1) is 19.0. The van der Waals surface area contributed by atoms with Crippen molar-refractivity contribution in [3.8, 4) is 0 Å². The summed E-state index contributed by atoms with van der Waals surface area (Å²) in [7, 11) is 3.92. The van der Waals surface area contributed by atoms with Crippen LogP contribution in [-0.4, -0.2) is 30.1 Å². The van der Waals surface area contributed by atoms with Crippen LogP contribution in [0.2, 0.25) is 5.02 Å². The Morgan fingerprint density at radius 1 is 1.19 bits per heavy atom. The zero-order valence-electron chi connectivity index (χ0n) is 14.2. The SMILES string of the molecule is CN(C)c1ccc(/C=C2\SC(=O)N(Cc3cccc(Cl)c3)C2=O)cc1Br. The zero-order valence-corrected chi connectivity index (χ0v) is 17.4. The third-order valence-corrected chi connectivity index (χ3v) is 5.63. The number of benzene rings is 2. The predicted molar refractivity (Wildman–Crippen MR) is 111 cm³/mol. The van der Waals surface area contributed by atoms with Gasteiger partial charge in [0, 0.05) is 23.6 Å². The molecular weight excluding hydrogens is 436 g/mol. The summed E-state index contributed by atoms with van der Waals surface area (Å²) in [6.07, 6.45) is 1.74. The molecule has 0 bridgehead atoms. The van der Waals surface area contributed by atoms with E-state index < -0.39 is 0 Å². The van der Waals surface area contributed by atoms with E-state index in [1.165, 1.54) is 4.90 Å². The van der Waals surface area contributed by atoms with E-state index in [1.54, 1.807) is 24.3 Å². The molecule has 0 aliphatic carbocycles. The van der Waals surface area contributed by atoms with Gasteiger partial charge in [0.05, 0.1) is 17.1 Å². The van der Waals surface area contributed by atoms with E-state index in [9.17, 15) is 9.59 Å². The lowest BCUT2D eigenvalue weighted by atomic mass is 10.1. The number of imide groups is 1. The number of hydrogen-bond acceptors (Lipinski definition) is 4. The lowest BCUT2D eigenvalue weighted by molar-refractivity contribution is -0.123. The zero-order chi connectivity index (χ0) is 18.8. The highest BCUT2D eigenvalue weighted by atomic mass is 79.9. The van der Waals surface area contributed by atoms with Crippen LogP contribution in [-0.2, 0) is 11.3 Å². The molecule has 1 saturated heterocycles. The maximum absolute atomic E-state index is 12.6. The number of hydrogen-bond donors (Lipinski definition) is 0. The first-order chi connectivity index (χ1) is 12.3. The second-order valence-corrected chi connectivity index (χ2v) is 8.29. The molecule has 4 nitrogen and oxygen atoms in total. The minimum absolute atomic E-state index is 0.214. The standard InChI is InChI=1S/C19H16BrClN2O2S/c1-22(2)16-7-6-12(9-15(16)20)10-17-18(24)23(19(25)26-17)11-13-4-3-5-14(21)8-13/h3-10H,11H2,1-2H3/b17-10-. The minimum atomic E-state index is -0.284. The fraction of sp³-hybridized carbons (Fsp3) is 0.158. The van der Waals surface area contributed by atoms with Crippen LogP contribution in [0.25, 0.3) is 6.08 Å². The summed E-state index contributed by atoms with van der Waals surface area (Å²) in [5.41, 5.74) is 2.71. The van der Waals surface area contributed by atoms with E-state index in [0.717, 1.165) is 33.0 Å². The Labute approximate surface area is 169 Å². The lowest BCUT2D eigenvalue weighted by Crippen LogP contribution is -2.27. The molecule has 1 fully saturated rings. The Hall–Kier alpha value is -1.76. The van der Waals surface area contributed by atoms with Crippen LogP contribution in [0.5, 0.6) is 0 Å². The van der Waals surface area contributed by atoms with Crippen molar-refractivity contribution in [2.45, 2.75) is 6.54 Å². The molecule has 0 unspecified atom stereocenters. The summed E-state index contributed by atoms with van der Waals surface area (Å²) < 4.78 is 0.925. The second kappa shape index (κ2) is 7.86. The molecule has 0 radical (unpaired) electrons. The molecule has 26 heavy (non-hydrogen) atoms. The van der Waals surface area contributed by atoms with Crippen molar-refractivity contribution >= 4 is 62.2 Å². The Morgan fingerprint density at radius 3 is 2.62 bits per heavy atom. The molecular formula is C19H16BrClN2O2S. The number of carbonyl (C=O) groups is 2. The molecule has 2 amide bonds. The highest BCUT2D eigenvalue weighted by molar-refractivity contribution is 9.10. The van der Waals surface area contributed by atoms with Gasteiger partial charge in [-0.3, -0.25) is 14.5 Å². The first-order valence-electron chi connectivity index (χ1n) is 7.82. The quantitative estimate of drug-likeness (QED) is 0.583. The van der Waals surface area contributed by atoms with Gasteiger partial charge in [-0.05, 0) is 69.2 Å². The van der Waals surface area contributed by atoms with Gasteiger partial charge in [-0.1, -0.05) is 29.8 Å². The predicted octanol–water partition coefficient (Wildman–Crippen LogP) is 5.41. The number of nitrogens with zero attached hydrogens (tertiary/aromatic N) is 2. The highest BCUT2D eigenvalue weighted by Gasteiger charge is 2.35. The lowest BCUT2D eigenvalue weighted by Gasteiger charge is -2.14. The average molecular weight is 452 g/mol. The molecule has 0 N–H and O–H groups in total. The first-order valence-corrected chi connectivity index (χ1v) is 9.80. The van der Waals surface area contributed by atoms with Gasteiger partial charge in [-0.2, -0.15) is 0 Å². The van der Waals surface area contributed by atoms with Crippen LogP contribution in [0, 0.1) is 0 Å². The molecule has 1 aliphatic rings. The number of rotatable bonds is 4. The van der Waals surface area contributed by atoms with E-state index in [1.807, 2.05) is 43.3 Å². The Balaban J connectivity index is 1.82. The molecule has 7 heteroatoms. The topological polar surface area (TPSA) is 40.6 Å². The fourth-order valence-electron chi connectivity index (χ4n) is 2.58. The summed E-state index contributed by atoms with van der Waals surface area (Å²) in [5.74, 6) is -0.284. The van der Waals surface area contributed by atoms with E-state index in [-0.39, 0.29) is 17.7 Å². The van der Waals surface area contributed by atoms with E-state index in [2.05, 4.69) is 15.9 Å². The molecule has 2 aromatic rings. The van der Waals surface area contributed by atoms with Crippen molar-refractivity contribution in [1.29, 1.82) is 0 Å². The smallest absolute Gasteiger partial charge is 0.293 e. The van der Waals surface area contributed by atoms with Crippen LogP contribution < -0.4 is 4.90 Å². The van der Waals surface area contributed by atoms with Gasteiger partial charge in [0.2, 0.25) is 0 Å². The maximum atomic E-state index is 12.6. The van der Waals surface area contributed by atoms with Gasteiger partial charge in [0.15, 0.2) is 0 Å². The molecule has 1 aliphatic heterocycles. The van der Waals surface area contributed by atoms with Crippen molar-refractivity contribution in [3.63, 3.8) is 0 Å². The Bertz CT molecular complexity index is 914. The normalized spacial score (nSPS) is 15.8. The number of anilines is 1. The summed E-state index contributed by atoms with van der Waals surface area (Å²) in [6, 6.07) is 13.0. The Morgan fingerprint density at radius 2 is 1.96 bits per heavy atom. The third kappa shape index (κ3) is 4.14. The van der Waals surface area contributed by atoms with Crippen molar-refractivity contribution in [1.82, 2.24) is 4.90 Å². The summed E-state index contributed by atoms with van der Waals surface area (Å²) >= 11 is 10.5. The molecule has 0 aromatic heterocycles. The van der Waals surface area contributed by atoms with Crippen molar-refractivity contribution in [3.05, 3.63) is 68.0 Å². The molecule has 0 saturated carbocycles. The van der Waals surface area contributed by atoms with Gasteiger partial charge < -0.3 is 4.90 Å². The molecule has 0 atom stereocenters. The summed E-state index contributed by atoms with van der Waals surface area (Å²) in [4.78, 5) is 28.5. The summed E-state index contributed by atoms with van der Waals surface area (Å²) in [5, 5.41) is 0.307. The molecule has 0 spiro atoms. The van der Waals surface area contributed by atoms with E-state index in [0.29, 0.717) is 9.93 Å². The molecule has 2 aromatic carbocycles. The van der Waals surface area contributed by atoms with Gasteiger partial charge in [-0.15, -0.1) is 0 Å². The second-order valence-electron chi connectivity index (χ2n) is 6.00. The number of amides is 2. The third-order valence-electron chi connectivity index (χ3n) is 3.85. The number of carbonyl (C=O) groups excluding carboxylic acids is 2. The van der Waals surface area contributed by atoms with Gasteiger partial charge in [0.25, 0.3) is 11.1 Å². The monoisotopic (exact) mass is 450 g/mol. The molecule has 134 valence electrons. The number of thioether (sulfide) groups is 1. The minimum Gasteiger partial charge on any atom is -0.377 e. The van der Waals surface area contributed by atoms with E-state index in [4.69, 9.17) is 11.6 Å². The van der Waals surface area contributed by atoms with Crippen LogP contribution in [0.3, 0.4) is 0 Å².